The molecule has 1 aromatic heterocycles. The van der Waals surface area contributed by atoms with E-state index < -0.39 is 0 Å². The van der Waals surface area contributed by atoms with E-state index in [-0.39, 0.29) is 0 Å². The SMILES string of the molecule is CCC1(CC)CCN(C(CN)c2cnn(C)c2)C1. The maximum atomic E-state index is 5.99. The zero-order chi connectivity index (χ0) is 13.2. The van der Waals surface area contributed by atoms with Crippen LogP contribution in [0.1, 0.15) is 44.7 Å². The summed E-state index contributed by atoms with van der Waals surface area (Å²) in [7, 11) is 1.96. The summed E-state index contributed by atoms with van der Waals surface area (Å²) < 4.78 is 1.86. The molecule has 0 bridgehead atoms. The Morgan fingerprint density at radius 3 is 2.61 bits per heavy atom. The molecule has 1 fully saturated rings. The number of aromatic nitrogens is 2. The van der Waals surface area contributed by atoms with Gasteiger partial charge in [-0.25, -0.2) is 0 Å². The van der Waals surface area contributed by atoms with Gasteiger partial charge in [-0.2, -0.15) is 5.10 Å². The summed E-state index contributed by atoms with van der Waals surface area (Å²) in [5.74, 6) is 0. The third-order valence-corrected chi connectivity index (χ3v) is 4.74. The first-order chi connectivity index (χ1) is 8.64. The summed E-state index contributed by atoms with van der Waals surface area (Å²) in [6.45, 7) is 7.65. The second-order valence-electron chi connectivity index (χ2n) is 5.63. The summed E-state index contributed by atoms with van der Waals surface area (Å²) in [5.41, 5.74) is 7.75. The van der Waals surface area contributed by atoms with Crippen LogP contribution in [0.5, 0.6) is 0 Å². The number of nitrogens with zero attached hydrogens (tertiary/aromatic N) is 3. The molecule has 0 spiro atoms. The molecule has 0 radical (unpaired) electrons. The van der Waals surface area contributed by atoms with E-state index in [1.165, 1.54) is 37.9 Å². The molecule has 4 nitrogen and oxygen atoms in total. The van der Waals surface area contributed by atoms with Crippen molar-refractivity contribution < 1.29 is 0 Å². The number of nitrogens with two attached hydrogens (primary N) is 1. The highest BCUT2D eigenvalue weighted by molar-refractivity contribution is 5.12. The van der Waals surface area contributed by atoms with E-state index in [9.17, 15) is 0 Å². The Morgan fingerprint density at radius 2 is 2.17 bits per heavy atom. The molecule has 1 aliphatic rings. The highest BCUT2D eigenvalue weighted by Crippen LogP contribution is 2.40. The minimum absolute atomic E-state index is 0.332. The van der Waals surface area contributed by atoms with E-state index in [1.807, 2.05) is 17.9 Å². The lowest BCUT2D eigenvalue weighted by Crippen LogP contribution is -2.34. The smallest absolute Gasteiger partial charge is 0.0538 e. The molecule has 1 atom stereocenters. The van der Waals surface area contributed by atoms with Crippen molar-refractivity contribution in [3.05, 3.63) is 18.0 Å². The fourth-order valence-corrected chi connectivity index (χ4v) is 3.17. The van der Waals surface area contributed by atoms with Gasteiger partial charge in [0.2, 0.25) is 0 Å². The van der Waals surface area contributed by atoms with E-state index >= 15 is 0 Å². The Hall–Kier alpha value is -0.870. The van der Waals surface area contributed by atoms with Crippen molar-refractivity contribution in [3.63, 3.8) is 0 Å². The summed E-state index contributed by atoms with van der Waals surface area (Å²) in [6, 6.07) is 0.332. The first kappa shape index (κ1) is 13.6. The Kier molecular flexibility index (Phi) is 4.07. The van der Waals surface area contributed by atoms with Crippen LogP contribution in [-0.2, 0) is 7.05 Å². The standard InChI is InChI=1S/C14H26N4/c1-4-14(5-2)6-7-18(11-14)13(8-15)12-9-16-17(3)10-12/h9-10,13H,4-8,11,15H2,1-3H3. The third-order valence-electron chi connectivity index (χ3n) is 4.74. The van der Waals surface area contributed by atoms with Crippen LogP contribution in [0.15, 0.2) is 12.4 Å². The van der Waals surface area contributed by atoms with E-state index in [4.69, 9.17) is 5.73 Å². The number of aryl methyl sites for hydroxylation is 1. The quantitative estimate of drug-likeness (QED) is 0.868. The highest BCUT2D eigenvalue weighted by Gasteiger charge is 2.37. The van der Waals surface area contributed by atoms with E-state index in [0.717, 1.165) is 0 Å². The van der Waals surface area contributed by atoms with Crippen molar-refractivity contribution in [2.75, 3.05) is 19.6 Å². The Balaban J connectivity index is 2.11. The van der Waals surface area contributed by atoms with Gasteiger partial charge in [-0.05, 0) is 31.2 Å². The van der Waals surface area contributed by atoms with Crippen molar-refractivity contribution in [1.82, 2.24) is 14.7 Å². The lowest BCUT2D eigenvalue weighted by Gasteiger charge is -2.30. The zero-order valence-corrected chi connectivity index (χ0v) is 11.9. The lowest BCUT2D eigenvalue weighted by atomic mass is 9.82. The molecule has 0 amide bonds. The molecule has 0 saturated carbocycles. The molecule has 1 aliphatic heterocycles. The number of hydrogen-bond acceptors (Lipinski definition) is 3. The van der Waals surface area contributed by atoms with Crippen LogP contribution in [0.3, 0.4) is 0 Å². The number of hydrogen-bond donors (Lipinski definition) is 1. The summed E-state index contributed by atoms with van der Waals surface area (Å²) in [4.78, 5) is 2.55. The van der Waals surface area contributed by atoms with Crippen LogP contribution in [0.2, 0.25) is 0 Å². The zero-order valence-electron chi connectivity index (χ0n) is 11.9. The second-order valence-corrected chi connectivity index (χ2v) is 5.63. The van der Waals surface area contributed by atoms with E-state index in [2.05, 4.69) is 30.0 Å². The predicted octanol–water partition coefficient (Wildman–Crippen LogP) is 1.93. The van der Waals surface area contributed by atoms with Crippen molar-refractivity contribution >= 4 is 0 Å². The topological polar surface area (TPSA) is 47.1 Å². The van der Waals surface area contributed by atoms with Gasteiger partial charge in [-0.15, -0.1) is 0 Å². The summed E-state index contributed by atoms with van der Waals surface area (Å²) in [5, 5.41) is 4.27. The maximum Gasteiger partial charge on any atom is 0.0538 e. The van der Waals surface area contributed by atoms with Gasteiger partial charge in [0, 0.05) is 31.9 Å². The van der Waals surface area contributed by atoms with Crippen molar-refractivity contribution in [1.29, 1.82) is 0 Å². The van der Waals surface area contributed by atoms with E-state index in [1.54, 1.807) is 0 Å². The molecule has 2 heterocycles. The van der Waals surface area contributed by atoms with Crippen molar-refractivity contribution in [2.45, 2.75) is 39.2 Å². The second kappa shape index (κ2) is 5.41. The number of rotatable bonds is 5. The normalized spacial score (nSPS) is 21.3. The van der Waals surface area contributed by atoms with Crippen LogP contribution >= 0.6 is 0 Å². The molecule has 18 heavy (non-hydrogen) atoms. The van der Waals surface area contributed by atoms with Gasteiger partial charge in [0.1, 0.15) is 0 Å². The largest absolute Gasteiger partial charge is 0.329 e. The van der Waals surface area contributed by atoms with Gasteiger partial charge in [0.15, 0.2) is 0 Å². The first-order valence-corrected chi connectivity index (χ1v) is 7.07. The highest BCUT2D eigenvalue weighted by atomic mass is 15.3. The Labute approximate surface area is 110 Å². The van der Waals surface area contributed by atoms with Gasteiger partial charge in [0.05, 0.1) is 12.2 Å². The van der Waals surface area contributed by atoms with Crippen molar-refractivity contribution in [3.8, 4) is 0 Å². The minimum atomic E-state index is 0.332. The Morgan fingerprint density at radius 1 is 1.44 bits per heavy atom. The molecule has 1 unspecified atom stereocenters. The molecule has 1 aromatic rings. The van der Waals surface area contributed by atoms with Crippen LogP contribution in [-0.4, -0.2) is 34.3 Å². The summed E-state index contributed by atoms with van der Waals surface area (Å²) in [6.07, 6.45) is 7.89. The third kappa shape index (κ3) is 2.45. The van der Waals surface area contributed by atoms with Crippen LogP contribution in [0, 0.1) is 5.41 Å². The molecule has 0 aliphatic carbocycles. The van der Waals surface area contributed by atoms with Crippen LogP contribution in [0.4, 0.5) is 0 Å². The number of likely N-dealkylation sites (tertiary alicyclic amines) is 1. The molecule has 102 valence electrons. The Bertz CT molecular complexity index is 381. The van der Waals surface area contributed by atoms with E-state index in [0.29, 0.717) is 18.0 Å². The fourth-order valence-electron chi connectivity index (χ4n) is 3.17. The van der Waals surface area contributed by atoms with Crippen LogP contribution < -0.4 is 5.73 Å². The fraction of sp³-hybridized carbons (Fsp3) is 0.786. The van der Waals surface area contributed by atoms with Crippen LogP contribution in [0.25, 0.3) is 0 Å². The monoisotopic (exact) mass is 250 g/mol. The van der Waals surface area contributed by atoms with Gasteiger partial charge in [0.25, 0.3) is 0 Å². The molecule has 2 N–H and O–H groups in total. The molecule has 4 heteroatoms. The van der Waals surface area contributed by atoms with Gasteiger partial charge in [-0.3, -0.25) is 9.58 Å². The molecule has 2 rings (SSSR count). The van der Waals surface area contributed by atoms with Gasteiger partial charge in [-0.1, -0.05) is 13.8 Å². The molecule has 1 saturated heterocycles. The maximum absolute atomic E-state index is 5.99. The van der Waals surface area contributed by atoms with Crippen molar-refractivity contribution in [2.24, 2.45) is 18.2 Å². The van der Waals surface area contributed by atoms with Gasteiger partial charge < -0.3 is 5.73 Å². The summed E-state index contributed by atoms with van der Waals surface area (Å²) >= 11 is 0. The minimum Gasteiger partial charge on any atom is -0.329 e. The predicted molar refractivity (Wildman–Crippen MR) is 74.2 cm³/mol. The molecular formula is C14H26N4. The average Bonchev–Trinajstić information content (AvgIpc) is 2.99. The lowest BCUT2D eigenvalue weighted by molar-refractivity contribution is 0.197. The first-order valence-electron chi connectivity index (χ1n) is 7.07. The van der Waals surface area contributed by atoms with Gasteiger partial charge >= 0.3 is 0 Å². The molecular weight excluding hydrogens is 224 g/mol. The molecule has 0 aromatic carbocycles. The average molecular weight is 250 g/mol.